The maximum Gasteiger partial charge on any atom is 0.311 e. The van der Waals surface area contributed by atoms with Crippen molar-refractivity contribution in [3.63, 3.8) is 0 Å². The minimum absolute atomic E-state index is 0.211. The first-order valence-corrected chi connectivity index (χ1v) is 7.73. The summed E-state index contributed by atoms with van der Waals surface area (Å²) in [6, 6.07) is 9.42. The third-order valence-corrected chi connectivity index (χ3v) is 4.46. The van der Waals surface area contributed by atoms with Gasteiger partial charge in [0.25, 0.3) is 0 Å². The standard InChI is InChI=1S/C17H21NO3/c19-15-9-5-11-18-10-4-8-14(16(15)18)17(20)21-12-13-6-2-1-3-7-13/h1-3,6-7,14,16H,4-5,8-12H2/t14-,16-/m1/s1. The van der Waals surface area contributed by atoms with E-state index < -0.39 is 0 Å². The van der Waals surface area contributed by atoms with Gasteiger partial charge in [-0.25, -0.2) is 0 Å². The summed E-state index contributed by atoms with van der Waals surface area (Å²) in [7, 11) is 0. The Kier molecular flexibility index (Phi) is 4.34. The van der Waals surface area contributed by atoms with E-state index in [2.05, 4.69) is 4.90 Å². The molecule has 0 aliphatic carbocycles. The number of benzene rings is 1. The van der Waals surface area contributed by atoms with Gasteiger partial charge in [0.05, 0.1) is 12.0 Å². The number of fused-ring (bicyclic) bond motifs is 1. The second-order valence-corrected chi connectivity index (χ2v) is 5.89. The van der Waals surface area contributed by atoms with Crippen molar-refractivity contribution in [1.82, 2.24) is 4.90 Å². The molecule has 0 bridgehead atoms. The van der Waals surface area contributed by atoms with Crippen molar-refractivity contribution >= 4 is 11.8 Å². The second kappa shape index (κ2) is 6.39. The summed E-state index contributed by atoms with van der Waals surface area (Å²) in [5, 5.41) is 0. The molecule has 2 saturated heterocycles. The first-order chi connectivity index (χ1) is 10.3. The van der Waals surface area contributed by atoms with Crippen LogP contribution in [-0.4, -0.2) is 35.8 Å². The van der Waals surface area contributed by atoms with Crippen LogP contribution < -0.4 is 0 Å². The van der Waals surface area contributed by atoms with Gasteiger partial charge in [0.2, 0.25) is 0 Å². The van der Waals surface area contributed by atoms with Crippen LogP contribution in [0.1, 0.15) is 31.2 Å². The number of nitrogens with zero attached hydrogens (tertiary/aromatic N) is 1. The van der Waals surface area contributed by atoms with Crippen LogP contribution in [0.4, 0.5) is 0 Å². The molecule has 2 atom stereocenters. The zero-order chi connectivity index (χ0) is 14.7. The van der Waals surface area contributed by atoms with Gasteiger partial charge in [-0.3, -0.25) is 14.5 Å². The molecule has 0 spiro atoms. The molecule has 0 amide bonds. The van der Waals surface area contributed by atoms with E-state index in [0.29, 0.717) is 6.42 Å². The van der Waals surface area contributed by atoms with Crippen LogP contribution >= 0.6 is 0 Å². The fourth-order valence-electron chi connectivity index (χ4n) is 3.43. The third kappa shape index (κ3) is 3.16. The van der Waals surface area contributed by atoms with Gasteiger partial charge < -0.3 is 4.74 Å². The molecule has 1 aromatic carbocycles. The number of hydrogen-bond acceptors (Lipinski definition) is 4. The lowest BCUT2D eigenvalue weighted by molar-refractivity contribution is -0.158. The first kappa shape index (κ1) is 14.3. The number of esters is 1. The molecule has 0 saturated carbocycles. The highest BCUT2D eigenvalue weighted by molar-refractivity contribution is 5.90. The van der Waals surface area contributed by atoms with Crippen molar-refractivity contribution in [2.24, 2.45) is 5.92 Å². The van der Waals surface area contributed by atoms with Crippen LogP contribution in [0.2, 0.25) is 0 Å². The number of ketones is 1. The molecule has 2 aliphatic heterocycles. The number of Topliss-reactive ketones (excluding diaryl/α,β-unsaturated/α-hetero) is 1. The predicted octanol–water partition coefficient (Wildman–Crippen LogP) is 2.17. The fraction of sp³-hybridized carbons (Fsp3) is 0.529. The Labute approximate surface area is 125 Å². The van der Waals surface area contributed by atoms with Gasteiger partial charge in [-0.15, -0.1) is 0 Å². The zero-order valence-electron chi connectivity index (χ0n) is 12.2. The summed E-state index contributed by atoms with van der Waals surface area (Å²) >= 11 is 0. The van der Waals surface area contributed by atoms with E-state index in [0.717, 1.165) is 37.9 Å². The van der Waals surface area contributed by atoms with Gasteiger partial charge in [0, 0.05) is 6.42 Å². The lowest BCUT2D eigenvalue weighted by atomic mass is 9.83. The maximum absolute atomic E-state index is 12.4. The van der Waals surface area contributed by atoms with E-state index >= 15 is 0 Å². The highest BCUT2D eigenvalue weighted by Crippen LogP contribution is 2.30. The number of rotatable bonds is 3. The molecular formula is C17H21NO3. The van der Waals surface area contributed by atoms with Gasteiger partial charge in [0.1, 0.15) is 6.61 Å². The van der Waals surface area contributed by atoms with E-state index in [1.165, 1.54) is 0 Å². The molecule has 0 radical (unpaired) electrons. The molecule has 3 rings (SSSR count). The van der Waals surface area contributed by atoms with Crippen molar-refractivity contribution < 1.29 is 14.3 Å². The Balaban J connectivity index is 1.64. The number of carbonyl (C=O) groups excluding carboxylic acids is 2. The van der Waals surface area contributed by atoms with E-state index in [1.54, 1.807) is 0 Å². The average Bonchev–Trinajstić information content (AvgIpc) is 2.53. The van der Waals surface area contributed by atoms with Crippen LogP contribution in [0.3, 0.4) is 0 Å². The van der Waals surface area contributed by atoms with Crippen molar-refractivity contribution in [3.05, 3.63) is 35.9 Å². The Morgan fingerprint density at radius 2 is 1.95 bits per heavy atom. The normalized spacial score (nSPS) is 26.2. The molecule has 0 N–H and O–H groups in total. The number of hydrogen-bond donors (Lipinski definition) is 0. The smallest absolute Gasteiger partial charge is 0.311 e. The molecule has 2 heterocycles. The van der Waals surface area contributed by atoms with Gasteiger partial charge >= 0.3 is 5.97 Å². The van der Waals surface area contributed by atoms with Crippen molar-refractivity contribution in [3.8, 4) is 0 Å². The van der Waals surface area contributed by atoms with Crippen molar-refractivity contribution in [2.75, 3.05) is 13.1 Å². The molecule has 21 heavy (non-hydrogen) atoms. The zero-order valence-corrected chi connectivity index (χ0v) is 12.2. The monoisotopic (exact) mass is 287 g/mol. The SMILES string of the molecule is O=C(OCc1ccccc1)[C@@H]1CCCN2CCCC(=O)[C@@H]12. The second-order valence-electron chi connectivity index (χ2n) is 5.89. The third-order valence-electron chi connectivity index (χ3n) is 4.46. The Bertz CT molecular complexity index is 512. The summed E-state index contributed by atoms with van der Waals surface area (Å²) < 4.78 is 5.45. The Morgan fingerprint density at radius 3 is 2.76 bits per heavy atom. The minimum atomic E-state index is -0.282. The van der Waals surface area contributed by atoms with Gasteiger partial charge in [-0.05, 0) is 37.9 Å². The van der Waals surface area contributed by atoms with E-state index in [4.69, 9.17) is 4.74 Å². The van der Waals surface area contributed by atoms with Gasteiger partial charge in [-0.1, -0.05) is 30.3 Å². The number of carbonyl (C=O) groups is 2. The quantitative estimate of drug-likeness (QED) is 0.799. The maximum atomic E-state index is 12.4. The topological polar surface area (TPSA) is 46.6 Å². The predicted molar refractivity (Wildman–Crippen MR) is 78.6 cm³/mol. The number of piperidine rings is 2. The first-order valence-electron chi connectivity index (χ1n) is 7.73. The van der Waals surface area contributed by atoms with Crippen molar-refractivity contribution in [2.45, 2.75) is 38.3 Å². The molecule has 1 aromatic rings. The highest BCUT2D eigenvalue weighted by Gasteiger charge is 2.42. The number of ether oxygens (including phenoxy) is 1. The molecule has 2 fully saturated rings. The summed E-state index contributed by atoms with van der Waals surface area (Å²) in [6.45, 7) is 2.15. The van der Waals surface area contributed by atoms with E-state index in [1.807, 2.05) is 30.3 Å². The van der Waals surface area contributed by atoms with Crippen molar-refractivity contribution in [1.29, 1.82) is 0 Å². The molecule has 4 nitrogen and oxygen atoms in total. The summed E-state index contributed by atoms with van der Waals surface area (Å²) in [5.74, 6) is -0.290. The minimum Gasteiger partial charge on any atom is -0.461 e. The molecule has 0 aromatic heterocycles. The summed E-state index contributed by atoms with van der Waals surface area (Å²) in [5.41, 5.74) is 0.980. The van der Waals surface area contributed by atoms with Crippen LogP contribution in [0.15, 0.2) is 30.3 Å². The lowest BCUT2D eigenvalue weighted by Crippen LogP contribution is -2.55. The summed E-state index contributed by atoms with van der Waals surface area (Å²) in [6.07, 6.45) is 3.25. The molecule has 112 valence electrons. The van der Waals surface area contributed by atoms with Gasteiger partial charge in [0.15, 0.2) is 5.78 Å². The average molecular weight is 287 g/mol. The van der Waals surface area contributed by atoms with Crippen LogP contribution in [-0.2, 0) is 20.9 Å². The Hall–Kier alpha value is -1.68. The van der Waals surface area contributed by atoms with Crippen LogP contribution in [0.25, 0.3) is 0 Å². The van der Waals surface area contributed by atoms with Crippen LogP contribution in [0.5, 0.6) is 0 Å². The van der Waals surface area contributed by atoms with E-state index in [9.17, 15) is 9.59 Å². The largest absolute Gasteiger partial charge is 0.461 e. The molecule has 2 aliphatic rings. The van der Waals surface area contributed by atoms with Crippen LogP contribution in [0, 0.1) is 5.92 Å². The molecule has 4 heteroatoms. The van der Waals surface area contributed by atoms with Gasteiger partial charge in [-0.2, -0.15) is 0 Å². The molecule has 0 unspecified atom stereocenters. The summed E-state index contributed by atoms with van der Waals surface area (Å²) in [4.78, 5) is 26.7. The van der Waals surface area contributed by atoms with E-state index in [-0.39, 0.29) is 30.3 Å². The lowest BCUT2D eigenvalue weighted by Gasteiger charge is -2.41. The highest BCUT2D eigenvalue weighted by atomic mass is 16.5. The fourth-order valence-corrected chi connectivity index (χ4v) is 3.43. The Morgan fingerprint density at radius 1 is 1.19 bits per heavy atom. The molecular weight excluding hydrogens is 266 g/mol.